The molecule has 2 aromatic rings. The molecular formula is C14H16ClF2N3O. The summed E-state index contributed by atoms with van der Waals surface area (Å²) in [5.74, 6) is -1.02. The van der Waals surface area contributed by atoms with Crippen LogP contribution in [-0.2, 0) is 11.3 Å². The van der Waals surface area contributed by atoms with Crippen molar-refractivity contribution in [3.63, 3.8) is 0 Å². The quantitative estimate of drug-likeness (QED) is 0.891. The summed E-state index contributed by atoms with van der Waals surface area (Å²) < 4.78 is 34.1. The van der Waals surface area contributed by atoms with Gasteiger partial charge in [-0.3, -0.25) is 4.68 Å². The molecule has 0 aliphatic carbocycles. The number of methoxy groups -OCH3 is 1. The van der Waals surface area contributed by atoms with Crippen molar-refractivity contribution in [1.82, 2.24) is 15.1 Å². The SMILES string of the molecule is CNC(c1cc(F)ccc1F)c1c(Cl)cnn1CCOC. The average molecular weight is 316 g/mol. The summed E-state index contributed by atoms with van der Waals surface area (Å²) in [5.41, 5.74) is 0.749. The number of benzene rings is 1. The predicted octanol–water partition coefficient (Wildman–Crippen LogP) is 2.77. The number of halogens is 3. The smallest absolute Gasteiger partial charge is 0.128 e. The van der Waals surface area contributed by atoms with Crippen molar-refractivity contribution in [2.75, 3.05) is 20.8 Å². The van der Waals surface area contributed by atoms with E-state index in [1.54, 1.807) is 18.8 Å². The van der Waals surface area contributed by atoms with E-state index in [4.69, 9.17) is 16.3 Å². The predicted molar refractivity (Wildman–Crippen MR) is 76.4 cm³/mol. The van der Waals surface area contributed by atoms with E-state index in [1.165, 1.54) is 6.20 Å². The summed E-state index contributed by atoms with van der Waals surface area (Å²) in [6, 6.07) is 2.72. The lowest BCUT2D eigenvalue weighted by Gasteiger charge is -2.20. The van der Waals surface area contributed by atoms with Gasteiger partial charge in [-0.25, -0.2) is 8.78 Å². The van der Waals surface area contributed by atoms with E-state index >= 15 is 0 Å². The molecule has 1 N–H and O–H groups in total. The molecule has 114 valence electrons. The lowest BCUT2D eigenvalue weighted by Crippen LogP contribution is -2.24. The fourth-order valence-electron chi connectivity index (χ4n) is 2.19. The normalized spacial score (nSPS) is 12.6. The summed E-state index contributed by atoms with van der Waals surface area (Å²) in [6.07, 6.45) is 1.48. The fourth-order valence-corrected chi connectivity index (χ4v) is 2.44. The van der Waals surface area contributed by atoms with Crippen molar-refractivity contribution in [2.45, 2.75) is 12.6 Å². The zero-order valence-electron chi connectivity index (χ0n) is 11.7. The summed E-state index contributed by atoms with van der Waals surface area (Å²) >= 11 is 6.16. The topological polar surface area (TPSA) is 39.1 Å². The lowest BCUT2D eigenvalue weighted by molar-refractivity contribution is 0.182. The van der Waals surface area contributed by atoms with Gasteiger partial charge in [-0.2, -0.15) is 5.10 Å². The van der Waals surface area contributed by atoms with Gasteiger partial charge in [0.25, 0.3) is 0 Å². The van der Waals surface area contributed by atoms with Crippen LogP contribution in [0.2, 0.25) is 5.02 Å². The summed E-state index contributed by atoms with van der Waals surface area (Å²) in [6.45, 7) is 0.904. The molecule has 2 rings (SSSR count). The zero-order valence-corrected chi connectivity index (χ0v) is 12.5. The van der Waals surface area contributed by atoms with Gasteiger partial charge in [0, 0.05) is 12.7 Å². The van der Waals surface area contributed by atoms with E-state index in [1.807, 2.05) is 0 Å². The van der Waals surface area contributed by atoms with Gasteiger partial charge in [-0.15, -0.1) is 0 Å². The molecule has 0 aliphatic heterocycles. The monoisotopic (exact) mass is 315 g/mol. The number of hydrogen-bond donors (Lipinski definition) is 1. The van der Waals surface area contributed by atoms with Crippen molar-refractivity contribution in [3.05, 3.63) is 52.3 Å². The Kier molecular flexibility index (Phi) is 5.27. The third kappa shape index (κ3) is 3.40. The number of nitrogens with one attached hydrogen (secondary N) is 1. The first kappa shape index (κ1) is 15.9. The molecular weight excluding hydrogens is 300 g/mol. The molecule has 0 saturated carbocycles. The Morgan fingerprint density at radius 3 is 2.86 bits per heavy atom. The third-order valence-electron chi connectivity index (χ3n) is 3.17. The van der Waals surface area contributed by atoms with Gasteiger partial charge in [0.1, 0.15) is 11.6 Å². The van der Waals surface area contributed by atoms with E-state index in [0.29, 0.717) is 23.9 Å². The molecule has 4 nitrogen and oxygen atoms in total. The second kappa shape index (κ2) is 6.98. The highest BCUT2D eigenvalue weighted by atomic mass is 35.5. The van der Waals surface area contributed by atoms with Crippen LogP contribution in [0.5, 0.6) is 0 Å². The van der Waals surface area contributed by atoms with Crippen molar-refractivity contribution in [3.8, 4) is 0 Å². The van der Waals surface area contributed by atoms with Crippen molar-refractivity contribution in [1.29, 1.82) is 0 Å². The molecule has 0 bridgehead atoms. The second-order valence-corrected chi connectivity index (χ2v) is 4.89. The molecule has 1 heterocycles. The van der Waals surface area contributed by atoms with Gasteiger partial charge in [-0.05, 0) is 25.2 Å². The van der Waals surface area contributed by atoms with Crippen LogP contribution in [0.4, 0.5) is 8.78 Å². The standard InChI is InChI=1S/C14H16ClF2N3O/c1-18-13(10-7-9(16)3-4-12(10)17)14-11(15)8-19-20(14)5-6-21-2/h3-4,7-8,13,18H,5-6H2,1-2H3. The zero-order chi connectivity index (χ0) is 15.4. The molecule has 1 aromatic heterocycles. The van der Waals surface area contributed by atoms with E-state index < -0.39 is 17.7 Å². The summed E-state index contributed by atoms with van der Waals surface area (Å²) in [5, 5.41) is 7.49. The minimum absolute atomic E-state index is 0.179. The van der Waals surface area contributed by atoms with Gasteiger partial charge >= 0.3 is 0 Å². The van der Waals surface area contributed by atoms with E-state index in [-0.39, 0.29) is 5.56 Å². The van der Waals surface area contributed by atoms with Crippen molar-refractivity contribution in [2.24, 2.45) is 0 Å². The average Bonchev–Trinajstić information content (AvgIpc) is 2.83. The molecule has 0 radical (unpaired) electrons. The number of ether oxygens (including phenoxy) is 1. The minimum atomic E-state index is -0.604. The van der Waals surface area contributed by atoms with Gasteiger partial charge in [0.15, 0.2) is 0 Å². The molecule has 7 heteroatoms. The summed E-state index contributed by atoms with van der Waals surface area (Å²) in [7, 11) is 3.23. The van der Waals surface area contributed by atoms with Crippen LogP contribution in [-0.4, -0.2) is 30.5 Å². The Bertz CT molecular complexity index is 618. The number of aromatic nitrogens is 2. The molecule has 0 aliphatic rings. The molecule has 0 saturated heterocycles. The Hall–Kier alpha value is -1.50. The van der Waals surface area contributed by atoms with Gasteiger partial charge < -0.3 is 10.1 Å². The first-order valence-electron chi connectivity index (χ1n) is 6.40. The first-order valence-corrected chi connectivity index (χ1v) is 6.78. The van der Waals surface area contributed by atoms with Crippen molar-refractivity contribution >= 4 is 11.6 Å². The fraction of sp³-hybridized carbons (Fsp3) is 0.357. The second-order valence-electron chi connectivity index (χ2n) is 4.48. The molecule has 21 heavy (non-hydrogen) atoms. The van der Waals surface area contributed by atoms with Gasteiger partial charge in [0.05, 0.1) is 36.1 Å². The van der Waals surface area contributed by atoms with Crippen molar-refractivity contribution < 1.29 is 13.5 Å². The van der Waals surface area contributed by atoms with Crippen LogP contribution in [0, 0.1) is 11.6 Å². The largest absolute Gasteiger partial charge is 0.383 e. The maximum atomic E-state index is 14.0. The number of nitrogens with zero attached hydrogens (tertiary/aromatic N) is 2. The van der Waals surface area contributed by atoms with Gasteiger partial charge in [0.2, 0.25) is 0 Å². The van der Waals surface area contributed by atoms with Gasteiger partial charge in [-0.1, -0.05) is 11.6 Å². The Balaban J connectivity index is 2.46. The molecule has 1 atom stereocenters. The minimum Gasteiger partial charge on any atom is -0.383 e. The molecule has 0 spiro atoms. The number of rotatable bonds is 6. The maximum absolute atomic E-state index is 14.0. The molecule has 1 unspecified atom stereocenters. The third-order valence-corrected chi connectivity index (χ3v) is 3.46. The highest BCUT2D eigenvalue weighted by Crippen LogP contribution is 2.30. The molecule has 0 fully saturated rings. The lowest BCUT2D eigenvalue weighted by atomic mass is 10.0. The molecule has 1 aromatic carbocycles. The Morgan fingerprint density at radius 1 is 1.43 bits per heavy atom. The Labute approximate surface area is 126 Å². The number of hydrogen-bond acceptors (Lipinski definition) is 3. The van der Waals surface area contributed by atoms with Crippen LogP contribution < -0.4 is 5.32 Å². The van der Waals surface area contributed by atoms with E-state index in [2.05, 4.69) is 10.4 Å². The highest BCUT2D eigenvalue weighted by Gasteiger charge is 2.23. The van der Waals surface area contributed by atoms with Crippen LogP contribution in [0.25, 0.3) is 0 Å². The van der Waals surface area contributed by atoms with Crippen LogP contribution in [0.15, 0.2) is 24.4 Å². The van der Waals surface area contributed by atoms with E-state index in [9.17, 15) is 8.78 Å². The first-order chi connectivity index (χ1) is 10.1. The highest BCUT2D eigenvalue weighted by molar-refractivity contribution is 6.31. The van der Waals surface area contributed by atoms with Crippen LogP contribution in [0.3, 0.4) is 0 Å². The van der Waals surface area contributed by atoms with Crippen LogP contribution in [0.1, 0.15) is 17.3 Å². The maximum Gasteiger partial charge on any atom is 0.128 e. The van der Waals surface area contributed by atoms with Crippen LogP contribution >= 0.6 is 11.6 Å². The Morgan fingerprint density at radius 2 is 2.19 bits per heavy atom. The molecule has 0 amide bonds. The summed E-state index contributed by atoms with van der Waals surface area (Å²) in [4.78, 5) is 0. The van der Waals surface area contributed by atoms with E-state index in [0.717, 1.165) is 18.2 Å².